The first-order chi connectivity index (χ1) is 9.88. The number of anilines is 1. The summed E-state index contributed by atoms with van der Waals surface area (Å²) < 4.78 is 0.702. The zero-order valence-electron chi connectivity index (χ0n) is 11.7. The van der Waals surface area contributed by atoms with Crippen LogP contribution in [0.5, 0.6) is 0 Å². The Labute approximate surface area is 131 Å². The number of amides is 2. The Balaban J connectivity index is 2.84. The van der Waals surface area contributed by atoms with Crippen LogP contribution in [0.4, 0.5) is 10.5 Å². The van der Waals surface area contributed by atoms with Crippen LogP contribution >= 0.6 is 15.9 Å². The molecule has 0 bridgehead atoms. The van der Waals surface area contributed by atoms with Gasteiger partial charge in [-0.25, -0.2) is 9.59 Å². The van der Waals surface area contributed by atoms with E-state index in [4.69, 9.17) is 10.4 Å². The third kappa shape index (κ3) is 4.76. The van der Waals surface area contributed by atoms with Gasteiger partial charge in [0.25, 0.3) is 0 Å². The number of nitriles is 1. The highest BCUT2D eigenvalue weighted by Gasteiger charge is 2.25. The number of carboxylic acids is 1. The summed E-state index contributed by atoms with van der Waals surface area (Å²) in [4.78, 5) is 23.1. The molecule has 7 heteroatoms. The van der Waals surface area contributed by atoms with Gasteiger partial charge in [0.05, 0.1) is 11.3 Å². The van der Waals surface area contributed by atoms with Crippen molar-refractivity contribution in [2.24, 2.45) is 5.92 Å². The first-order valence-electron chi connectivity index (χ1n) is 6.39. The van der Waals surface area contributed by atoms with E-state index in [0.717, 1.165) is 0 Å². The second-order valence-electron chi connectivity index (χ2n) is 4.60. The van der Waals surface area contributed by atoms with Crippen LogP contribution in [0.3, 0.4) is 0 Å². The summed E-state index contributed by atoms with van der Waals surface area (Å²) in [5.74, 6) is -1.29. The Kier molecular flexibility index (Phi) is 6.18. The van der Waals surface area contributed by atoms with Crippen molar-refractivity contribution in [3.8, 4) is 6.07 Å². The molecule has 0 aromatic heterocycles. The molecule has 0 aliphatic rings. The average Bonchev–Trinajstić information content (AvgIpc) is 2.44. The van der Waals surface area contributed by atoms with Gasteiger partial charge in [0.15, 0.2) is 0 Å². The van der Waals surface area contributed by atoms with Gasteiger partial charge in [0.1, 0.15) is 12.1 Å². The van der Waals surface area contributed by atoms with Crippen LogP contribution in [0.2, 0.25) is 0 Å². The number of benzene rings is 1. The molecular formula is C14H16BrN3O3. The third-order valence-corrected chi connectivity index (χ3v) is 3.61. The smallest absolute Gasteiger partial charge is 0.326 e. The van der Waals surface area contributed by atoms with E-state index >= 15 is 0 Å². The number of nitrogens with one attached hydrogen (secondary N) is 2. The molecule has 0 saturated carbocycles. The van der Waals surface area contributed by atoms with Crippen molar-refractivity contribution in [2.75, 3.05) is 5.32 Å². The minimum Gasteiger partial charge on any atom is -0.480 e. The van der Waals surface area contributed by atoms with E-state index in [-0.39, 0.29) is 5.92 Å². The van der Waals surface area contributed by atoms with Crippen LogP contribution in [-0.2, 0) is 4.79 Å². The summed E-state index contributed by atoms with van der Waals surface area (Å²) in [6.07, 6.45) is 0.623. The van der Waals surface area contributed by atoms with Gasteiger partial charge in [-0.2, -0.15) is 5.26 Å². The standard InChI is InChI=1S/C14H16BrN3O3/c1-3-8(2)12(13(19)20)18-14(21)17-11-6-10(15)5-4-9(11)7-16/h4-6,8,12H,3H2,1-2H3,(H,19,20)(H2,17,18,21)/t8-,12-/m0/s1. The third-order valence-electron chi connectivity index (χ3n) is 3.12. The Morgan fingerprint density at radius 2 is 2.14 bits per heavy atom. The van der Waals surface area contributed by atoms with Crippen molar-refractivity contribution in [1.29, 1.82) is 5.26 Å². The molecule has 2 atom stereocenters. The van der Waals surface area contributed by atoms with E-state index < -0.39 is 18.0 Å². The van der Waals surface area contributed by atoms with E-state index in [0.29, 0.717) is 22.1 Å². The lowest BCUT2D eigenvalue weighted by atomic mass is 9.99. The number of nitrogens with zero attached hydrogens (tertiary/aromatic N) is 1. The van der Waals surface area contributed by atoms with E-state index in [1.165, 1.54) is 0 Å². The van der Waals surface area contributed by atoms with Gasteiger partial charge < -0.3 is 15.7 Å². The molecule has 21 heavy (non-hydrogen) atoms. The lowest BCUT2D eigenvalue weighted by Gasteiger charge is -2.20. The second kappa shape index (κ2) is 7.64. The molecule has 0 fully saturated rings. The fourth-order valence-electron chi connectivity index (χ4n) is 1.70. The first-order valence-corrected chi connectivity index (χ1v) is 7.18. The largest absolute Gasteiger partial charge is 0.480 e. The van der Waals surface area contributed by atoms with Crippen molar-refractivity contribution in [1.82, 2.24) is 5.32 Å². The number of rotatable bonds is 5. The van der Waals surface area contributed by atoms with E-state index in [9.17, 15) is 9.59 Å². The molecular weight excluding hydrogens is 338 g/mol. The molecule has 0 radical (unpaired) electrons. The van der Waals surface area contributed by atoms with Crippen molar-refractivity contribution >= 4 is 33.6 Å². The predicted molar refractivity (Wildman–Crippen MR) is 81.9 cm³/mol. The molecule has 0 saturated heterocycles. The maximum absolute atomic E-state index is 11.9. The van der Waals surface area contributed by atoms with Crippen molar-refractivity contribution in [2.45, 2.75) is 26.3 Å². The lowest BCUT2D eigenvalue weighted by molar-refractivity contribution is -0.140. The van der Waals surface area contributed by atoms with Crippen LogP contribution in [0.1, 0.15) is 25.8 Å². The highest BCUT2D eigenvalue weighted by molar-refractivity contribution is 9.10. The van der Waals surface area contributed by atoms with Gasteiger partial charge in [-0.3, -0.25) is 0 Å². The Hall–Kier alpha value is -2.07. The number of aliphatic carboxylic acids is 1. The maximum Gasteiger partial charge on any atom is 0.326 e. The Morgan fingerprint density at radius 1 is 1.48 bits per heavy atom. The van der Waals surface area contributed by atoms with E-state index in [1.807, 2.05) is 13.0 Å². The number of urea groups is 1. The predicted octanol–water partition coefficient (Wildman–Crippen LogP) is 2.94. The number of halogens is 1. The minimum atomic E-state index is -1.09. The zero-order valence-corrected chi connectivity index (χ0v) is 13.3. The molecule has 1 aromatic carbocycles. The van der Waals surface area contributed by atoms with Gasteiger partial charge in [-0.05, 0) is 24.1 Å². The minimum absolute atomic E-state index is 0.203. The van der Waals surface area contributed by atoms with Gasteiger partial charge in [-0.1, -0.05) is 36.2 Å². The average molecular weight is 354 g/mol. The fraction of sp³-hybridized carbons (Fsp3) is 0.357. The number of carbonyl (C=O) groups is 2. The highest BCUT2D eigenvalue weighted by atomic mass is 79.9. The number of carbonyl (C=O) groups excluding carboxylic acids is 1. The van der Waals surface area contributed by atoms with Crippen LogP contribution in [0.15, 0.2) is 22.7 Å². The van der Waals surface area contributed by atoms with E-state index in [2.05, 4.69) is 26.6 Å². The summed E-state index contributed by atoms with van der Waals surface area (Å²) >= 11 is 3.25. The summed E-state index contributed by atoms with van der Waals surface area (Å²) in [5, 5.41) is 23.0. The molecule has 1 aromatic rings. The van der Waals surface area contributed by atoms with Gasteiger partial charge in [0, 0.05) is 4.47 Å². The molecule has 0 aliphatic carbocycles. The van der Waals surface area contributed by atoms with Crippen molar-refractivity contribution < 1.29 is 14.7 Å². The SMILES string of the molecule is CC[C@H](C)[C@H](NC(=O)Nc1cc(Br)ccc1C#N)C(=O)O. The van der Waals surface area contributed by atoms with Crippen LogP contribution in [0.25, 0.3) is 0 Å². The Morgan fingerprint density at radius 3 is 2.67 bits per heavy atom. The number of hydrogen-bond donors (Lipinski definition) is 3. The Bertz CT molecular complexity index is 583. The fourth-order valence-corrected chi connectivity index (χ4v) is 2.06. The monoisotopic (exact) mass is 353 g/mol. The van der Waals surface area contributed by atoms with Crippen LogP contribution < -0.4 is 10.6 Å². The first kappa shape index (κ1) is 17.0. The van der Waals surface area contributed by atoms with Gasteiger partial charge >= 0.3 is 12.0 Å². The summed E-state index contributed by atoms with van der Waals surface area (Å²) in [5.41, 5.74) is 0.612. The highest BCUT2D eigenvalue weighted by Crippen LogP contribution is 2.20. The van der Waals surface area contributed by atoms with Gasteiger partial charge in [0.2, 0.25) is 0 Å². The van der Waals surface area contributed by atoms with Crippen LogP contribution in [-0.4, -0.2) is 23.1 Å². The molecule has 0 spiro atoms. The maximum atomic E-state index is 11.9. The molecule has 2 amide bonds. The topological polar surface area (TPSA) is 102 Å². The number of hydrogen-bond acceptors (Lipinski definition) is 3. The molecule has 6 nitrogen and oxygen atoms in total. The van der Waals surface area contributed by atoms with E-state index in [1.54, 1.807) is 25.1 Å². The zero-order chi connectivity index (χ0) is 16.0. The number of carboxylic acid groups (broad SMARTS) is 1. The lowest BCUT2D eigenvalue weighted by Crippen LogP contribution is -2.46. The molecule has 112 valence electrons. The van der Waals surface area contributed by atoms with Gasteiger partial charge in [-0.15, -0.1) is 0 Å². The van der Waals surface area contributed by atoms with Crippen LogP contribution in [0, 0.1) is 17.2 Å². The molecule has 0 aliphatic heterocycles. The summed E-state index contributed by atoms with van der Waals surface area (Å²) in [6.45, 7) is 3.60. The van der Waals surface area contributed by atoms with Crippen molar-refractivity contribution in [3.63, 3.8) is 0 Å². The second-order valence-corrected chi connectivity index (χ2v) is 5.52. The molecule has 1 rings (SSSR count). The summed E-state index contributed by atoms with van der Waals surface area (Å²) in [7, 11) is 0. The molecule has 0 unspecified atom stereocenters. The normalized spacial score (nSPS) is 12.9. The molecule has 3 N–H and O–H groups in total. The van der Waals surface area contributed by atoms with Crippen molar-refractivity contribution in [3.05, 3.63) is 28.2 Å². The quantitative estimate of drug-likeness (QED) is 0.756. The summed E-state index contributed by atoms with van der Waals surface area (Å²) in [6, 6.07) is 5.14. The molecule has 0 heterocycles.